The molecule has 0 amide bonds. The van der Waals surface area contributed by atoms with Crippen LogP contribution < -0.4 is 21.1 Å². The number of fused-ring (bicyclic) bond motifs is 1. The highest BCUT2D eigenvalue weighted by Crippen LogP contribution is 2.33. The maximum Gasteiger partial charge on any atom is 0.225 e. The van der Waals surface area contributed by atoms with Crippen LogP contribution in [0.3, 0.4) is 0 Å². The highest BCUT2D eigenvalue weighted by molar-refractivity contribution is 6.30. The molecule has 0 radical (unpaired) electrons. The second kappa shape index (κ2) is 10.5. The van der Waals surface area contributed by atoms with Gasteiger partial charge in [-0.2, -0.15) is 4.98 Å². The summed E-state index contributed by atoms with van der Waals surface area (Å²) in [7, 11) is 0. The molecule has 5 N–H and O–H groups in total. The summed E-state index contributed by atoms with van der Waals surface area (Å²) in [6, 6.07) is 15.4. The summed E-state index contributed by atoms with van der Waals surface area (Å²) in [4.78, 5) is 13.7. The molecule has 3 heterocycles. The van der Waals surface area contributed by atoms with E-state index >= 15 is 0 Å². The number of ether oxygens (including phenoxy) is 1. The molecule has 1 aliphatic heterocycles. The van der Waals surface area contributed by atoms with Crippen LogP contribution in [-0.2, 0) is 5.54 Å². The van der Waals surface area contributed by atoms with Crippen LogP contribution in [0.15, 0.2) is 67.3 Å². The van der Waals surface area contributed by atoms with E-state index in [2.05, 4.69) is 26.7 Å². The summed E-state index contributed by atoms with van der Waals surface area (Å²) in [5.74, 6) is 2.05. The van der Waals surface area contributed by atoms with Crippen molar-refractivity contribution in [2.75, 3.05) is 18.5 Å². The van der Waals surface area contributed by atoms with Gasteiger partial charge in [-0.05, 0) is 37.6 Å². The zero-order valence-corrected chi connectivity index (χ0v) is 21.5. The van der Waals surface area contributed by atoms with Crippen molar-refractivity contribution in [3.8, 4) is 11.6 Å². The smallest absolute Gasteiger partial charge is 0.225 e. The van der Waals surface area contributed by atoms with Gasteiger partial charge < -0.3 is 20.9 Å². The minimum atomic E-state index is -1.06. The Morgan fingerprint density at radius 1 is 1.24 bits per heavy atom. The van der Waals surface area contributed by atoms with Crippen LogP contribution in [0.4, 0.5) is 5.95 Å². The van der Waals surface area contributed by atoms with E-state index in [9.17, 15) is 5.11 Å². The van der Waals surface area contributed by atoms with Crippen molar-refractivity contribution in [2.24, 2.45) is 5.73 Å². The topological polar surface area (TPSA) is 123 Å². The van der Waals surface area contributed by atoms with Crippen LogP contribution in [0.25, 0.3) is 5.82 Å². The molecule has 9 nitrogen and oxygen atoms in total. The van der Waals surface area contributed by atoms with Gasteiger partial charge in [-0.15, -0.1) is 0 Å². The highest BCUT2D eigenvalue weighted by atomic mass is 35.5. The van der Waals surface area contributed by atoms with E-state index in [4.69, 9.17) is 27.1 Å². The number of halogens is 1. The van der Waals surface area contributed by atoms with Gasteiger partial charge in [0.15, 0.2) is 0 Å². The molecule has 2 aromatic heterocycles. The Hall–Kier alpha value is -3.50. The lowest BCUT2D eigenvalue weighted by atomic mass is 9.91. The van der Waals surface area contributed by atoms with Gasteiger partial charge in [0.2, 0.25) is 5.95 Å². The molecule has 0 spiro atoms. The van der Waals surface area contributed by atoms with Gasteiger partial charge in [0.1, 0.15) is 29.8 Å². The lowest BCUT2D eigenvalue weighted by molar-refractivity contribution is 0.0938. The van der Waals surface area contributed by atoms with Gasteiger partial charge in [-0.25, -0.2) is 9.97 Å². The Balaban J connectivity index is 1.35. The van der Waals surface area contributed by atoms with Crippen molar-refractivity contribution in [2.45, 2.75) is 38.1 Å². The summed E-state index contributed by atoms with van der Waals surface area (Å²) < 4.78 is 7.55. The molecule has 2 unspecified atom stereocenters. The third-order valence-electron chi connectivity index (χ3n) is 6.66. The summed E-state index contributed by atoms with van der Waals surface area (Å²) in [6.45, 7) is 4.72. The first-order valence-corrected chi connectivity index (χ1v) is 12.5. The maximum atomic E-state index is 11.0. The van der Waals surface area contributed by atoms with Gasteiger partial charge >= 0.3 is 0 Å². The number of nitrogens with zero attached hydrogens (tertiary/aromatic N) is 4. The Morgan fingerprint density at radius 3 is 2.89 bits per heavy atom. The maximum absolute atomic E-state index is 11.0. The molecule has 37 heavy (non-hydrogen) atoms. The predicted octanol–water partition coefficient (Wildman–Crippen LogP) is 4.01. The summed E-state index contributed by atoms with van der Waals surface area (Å²) in [6.07, 6.45) is 4.89. The number of nitrogens with two attached hydrogens (primary N) is 1. The molecule has 0 saturated carbocycles. The van der Waals surface area contributed by atoms with Gasteiger partial charge in [-0.1, -0.05) is 41.9 Å². The lowest BCUT2D eigenvalue weighted by Gasteiger charge is -2.32. The van der Waals surface area contributed by atoms with Crippen LogP contribution in [0.2, 0.25) is 5.02 Å². The number of para-hydroxylation sites is 1. The molecule has 0 bridgehead atoms. The molecule has 192 valence electrons. The molecule has 0 fully saturated rings. The predicted molar refractivity (Wildman–Crippen MR) is 143 cm³/mol. The van der Waals surface area contributed by atoms with Crippen LogP contribution in [0.1, 0.15) is 48.0 Å². The highest BCUT2D eigenvalue weighted by Gasteiger charge is 2.29. The van der Waals surface area contributed by atoms with E-state index in [1.54, 1.807) is 29.4 Å². The van der Waals surface area contributed by atoms with Crippen molar-refractivity contribution in [1.82, 2.24) is 24.8 Å². The summed E-state index contributed by atoms with van der Waals surface area (Å²) in [5.41, 5.74) is 8.63. The van der Waals surface area contributed by atoms with Crippen molar-refractivity contribution in [3.63, 3.8) is 0 Å². The number of hydrogen-bond acceptors (Lipinski definition) is 8. The normalized spacial score (nSPS) is 17.4. The Bertz CT molecular complexity index is 1390. The third kappa shape index (κ3) is 5.30. The van der Waals surface area contributed by atoms with Crippen molar-refractivity contribution < 1.29 is 9.84 Å². The monoisotopic (exact) mass is 519 g/mol. The second-order valence-electron chi connectivity index (χ2n) is 9.37. The third-order valence-corrected chi connectivity index (χ3v) is 6.89. The molecule has 3 atom stereocenters. The number of imidazole rings is 1. The molecular formula is C27H30ClN7O2. The zero-order chi connectivity index (χ0) is 26.0. The first-order chi connectivity index (χ1) is 17.9. The number of aliphatic hydroxyl groups is 1. The molecule has 0 saturated heterocycles. The minimum absolute atomic E-state index is 0.0466. The molecule has 0 aliphatic carbocycles. The fourth-order valence-corrected chi connectivity index (χ4v) is 4.66. The van der Waals surface area contributed by atoms with E-state index in [1.807, 2.05) is 50.2 Å². The van der Waals surface area contributed by atoms with Crippen LogP contribution in [0, 0.1) is 6.92 Å². The van der Waals surface area contributed by atoms with Gasteiger partial charge in [0.25, 0.3) is 0 Å². The molecule has 2 aromatic carbocycles. The first kappa shape index (κ1) is 25.2. The van der Waals surface area contributed by atoms with Gasteiger partial charge in [-0.3, -0.25) is 9.88 Å². The van der Waals surface area contributed by atoms with Crippen LogP contribution in [0.5, 0.6) is 5.75 Å². The minimum Gasteiger partial charge on any atom is -0.493 e. The SMILES string of the molecule is Cc1cnc(NC2CCOc3ccccc32)nc1-n1cnc(C(O)N[C@@](C)(CN)c2cccc(Cl)c2)c1. The molecular weight excluding hydrogens is 490 g/mol. The Morgan fingerprint density at radius 2 is 2.08 bits per heavy atom. The van der Waals surface area contributed by atoms with E-state index in [1.165, 1.54) is 0 Å². The number of aliphatic hydroxyl groups excluding tert-OH is 1. The van der Waals surface area contributed by atoms with Crippen molar-refractivity contribution >= 4 is 17.5 Å². The van der Waals surface area contributed by atoms with E-state index in [0.717, 1.165) is 28.9 Å². The molecule has 4 aromatic rings. The van der Waals surface area contributed by atoms with Crippen molar-refractivity contribution in [3.05, 3.63) is 94.7 Å². The number of rotatable bonds is 8. The molecule has 5 rings (SSSR count). The number of aromatic nitrogens is 4. The Labute approximate surface area is 220 Å². The largest absolute Gasteiger partial charge is 0.493 e. The van der Waals surface area contributed by atoms with E-state index in [-0.39, 0.29) is 12.6 Å². The van der Waals surface area contributed by atoms with Crippen LogP contribution >= 0.6 is 11.6 Å². The van der Waals surface area contributed by atoms with E-state index < -0.39 is 11.8 Å². The Kier molecular flexibility index (Phi) is 7.12. The second-order valence-corrected chi connectivity index (χ2v) is 9.81. The molecule has 10 heteroatoms. The van der Waals surface area contributed by atoms with Gasteiger partial charge in [0, 0.05) is 41.5 Å². The summed E-state index contributed by atoms with van der Waals surface area (Å²) in [5, 5.41) is 18.2. The summed E-state index contributed by atoms with van der Waals surface area (Å²) >= 11 is 6.18. The van der Waals surface area contributed by atoms with E-state index in [0.29, 0.717) is 29.1 Å². The number of anilines is 1. The van der Waals surface area contributed by atoms with Crippen LogP contribution in [-0.4, -0.2) is 37.8 Å². The average Bonchev–Trinajstić information content (AvgIpc) is 3.40. The first-order valence-electron chi connectivity index (χ1n) is 12.1. The quantitative estimate of drug-likeness (QED) is 0.257. The lowest BCUT2D eigenvalue weighted by Crippen LogP contribution is -2.47. The number of benzene rings is 2. The standard InChI is InChI=1S/C27H30ClN7O2/c1-17-13-30-26(32-21-10-11-37-23-9-4-3-8-20(21)23)33-24(17)35-14-22(31-16-35)25(36)34-27(2,15-29)18-6-5-7-19(28)12-18/h3-9,12-14,16,21,25,34,36H,10-11,15,29H2,1-2H3,(H,30,32,33)/t21?,25?,27-/m0/s1. The molecule has 1 aliphatic rings. The number of hydrogen-bond donors (Lipinski definition) is 4. The number of aryl methyl sites for hydroxylation is 1. The fraction of sp³-hybridized carbons (Fsp3) is 0.296. The van der Waals surface area contributed by atoms with Crippen molar-refractivity contribution in [1.29, 1.82) is 0 Å². The average molecular weight is 520 g/mol. The number of nitrogens with one attached hydrogen (secondary N) is 2. The zero-order valence-electron chi connectivity index (χ0n) is 20.7. The van der Waals surface area contributed by atoms with Gasteiger partial charge in [0.05, 0.1) is 18.2 Å². The fourth-order valence-electron chi connectivity index (χ4n) is 4.47.